The summed E-state index contributed by atoms with van der Waals surface area (Å²) in [4.78, 5) is 9.70. The molecule has 0 amide bonds. The number of hydrogen-bond donors (Lipinski definition) is 0. The Bertz CT molecular complexity index is 331. The third-order valence-corrected chi connectivity index (χ3v) is 4.54. The third-order valence-electron chi connectivity index (χ3n) is 1.77. The van der Waals surface area contributed by atoms with Gasteiger partial charge in [-0.1, -0.05) is 46.4 Å². The SMILES string of the molecule is CC(=O)CC1(Cl)C(Cl)=C(Cl)C(Cl)=C1Cl. The molecule has 0 saturated heterocycles. The third kappa shape index (κ3) is 1.94. The Balaban J connectivity index is 3.19. The van der Waals surface area contributed by atoms with Gasteiger partial charge in [0.2, 0.25) is 0 Å². The normalized spacial score (nSPS) is 20.7. The molecule has 0 aromatic rings. The van der Waals surface area contributed by atoms with Gasteiger partial charge < -0.3 is 0 Å². The minimum atomic E-state index is -1.27. The summed E-state index contributed by atoms with van der Waals surface area (Å²) in [5.41, 5.74) is 0. The highest BCUT2D eigenvalue weighted by Gasteiger charge is 2.45. The van der Waals surface area contributed by atoms with E-state index in [9.17, 15) is 4.79 Å². The molecule has 0 aromatic heterocycles. The summed E-state index contributed by atoms with van der Waals surface area (Å²) in [6, 6.07) is 0. The summed E-state index contributed by atoms with van der Waals surface area (Å²) in [6.45, 7) is 1.39. The van der Waals surface area contributed by atoms with Crippen molar-refractivity contribution in [3.63, 3.8) is 0 Å². The van der Waals surface area contributed by atoms with Gasteiger partial charge in [-0.3, -0.25) is 4.79 Å². The van der Waals surface area contributed by atoms with Crippen molar-refractivity contribution in [2.45, 2.75) is 18.2 Å². The second kappa shape index (κ2) is 4.23. The minimum Gasteiger partial charge on any atom is -0.300 e. The molecule has 14 heavy (non-hydrogen) atoms. The number of halogens is 5. The number of carbonyl (C=O) groups excluding carboxylic acids is 1. The molecule has 0 fully saturated rings. The van der Waals surface area contributed by atoms with Gasteiger partial charge in [-0.15, -0.1) is 11.6 Å². The van der Waals surface area contributed by atoms with Crippen LogP contribution in [0.15, 0.2) is 20.1 Å². The highest BCUT2D eigenvalue weighted by molar-refractivity contribution is 6.58. The molecule has 0 bridgehead atoms. The minimum absolute atomic E-state index is 0.0291. The molecule has 1 aliphatic carbocycles. The molecule has 78 valence electrons. The Morgan fingerprint density at radius 1 is 1.14 bits per heavy atom. The Hall–Kier alpha value is 0.600. The molecule has 0 heterocycles. The van der Waals surface area contributed by atoms with Crippen LogP contribution in [0.1, 0.15) is 13.3 Å². The Morgan fingerprint density at radius 2 is 1.50 bits per heavy atom. The maximum absolute atomic E-state index is 11.0. The molecule has 0 aliphatic heterocycles. The number of rotatable bonds is 2. The second-order valence-corrected chi connectivity index (χ2v) is 5.09. The number of hydrogen-bond acceptors (Lipinski definition) is 1. The van der Waals surface area contributed by atoms with E-state index < -0.39 is 4.87 Å². The lowest BCUT2D eigenvalue weighted by Gasteiger charge is -2.20. The van der Waals surface area contributed by atoms with Crippen molar-refractivity contribution in [1.82, 2.24) is 0 Å². The number of carbonyl (C=O) groups is 1. The first-order valence-electron chi connectivity index (χ1n) is 3.61. The van der Waals surface area contributed by atoms with Gasteiger partial charge >= 0.3 is 0 Å². The molecular formula is C8H5Cl5O. The van der Waals surface area contributed by atoms with E-state index in [0.29, 0.717) is 0 Å². The van der Waals surface area contributed by atoms with E-state index in [1.165, 1.54) is 6.92 Å². The molecule has 0 spiro atoms. The molecule has 0 radical (unpaired) electrons. The van der Waals surface area contributed by atoms with Crippen molar-refractivity contribution in [2.24, 2.45) is 0 Å². The number of allylic oxidation sites excluding steroid dienone is 4. The van der Waals surface area contributed by atoms with Crippen LogP contribution in [0.2, 0.25) is 0 Å². The summed E-state index contributed by atoms with van der Waals surface area (Å²) < 4.78 is 0. The predicted octanol–water partition coefficient (Wildman–Crippen LogP) is 4.34. The topological polar surface area (TPSA) is 17.1 Å². The zero-order valence-electron chi connectivity index (χ0n) is 7.01. The fraction of sp³-hybridized carbons (Fsp3) is 0.375. The van der Waals surface area contributed by atoms with Crippen molar-refractivity contribution in [3.8, 4) is 0 Å². The molecule has 0 unspecified atom stereocenters. The van der Waals surface area contributed by atoms with E-state index >= 15 is 0 Å². The van der Waals surface area contributed by atoms with Gasteiger partial charge in [0.15, 0.2) is 0 Å². The lowest BCUT2D eigenvalue weighted by atomic mass is 10.0. The van der Waals surface area contributed by atoms with Crippen LogP contribution in [0.4, 0.5) is 0 Å². The first kappa shape index (κ1) is 12.7. The van der Waals surface area contributed by atoms with Crippen molar-refractivity contribution >= 4 is 63.8 Å². The molecule has 0 atom stereocenters. The van der Waals surface area contributed by atoms with Gasteiger partial charge in [-0.05, 0) is 6.92 Å². The van der Waals surface area contributed by atoms with Crippen LogP contribution in [0.25, 0.3) is 0 Å². The van der Waals surface area contributed by atoms with Gasteiger partial charge in [0, 0.05) is 6.42 Å². The zero-order chi connectivity index (χ0) is 11.1. The molecule has 0 saturated carbocycles. The van der Waals surface area contributed by atoms with Gasteiger partial charge in [0.1, 0.15) is 10.7 Å². The Kier molecular flexibility index (Phi) is 3.83. The number of Topliss-reactive ketones (excluding diaryl/α,β-unsaturated/α-hetero) is 1. The van der Waals surface area contributed by atoms with Gasteiger partial charge in [-0.25, -0.2) is 0 Å². The maximum Gasteiger partial charge on any atom is 0.132 e. The average Bonchev–Trinajstić information content (AvgIpc) is 2.21. The van der Waals surface area contributed by atoms with Crippen LogP contribution < -0.4 is 0 Å². The summed E-state index contributed by atoms with van der Waals surface area (Å²) in [5.74, 6) is -0.146. The maximum atomic E-state index is 11.0. The highest BCUT2D eigenvalue weighted by Crippen LogP contribution is 2.53. The molecule has 0 aromatic carbocycles. The largest absolute Gasteiger partial charge is 0.300 e. The van der Waals surface area contributed by atoms with E-state index in [1.807, 2.05) is 0 Å². The van der Waals surface area contributed by atoms with Crippen LogP contribution in [-0.2, 0) is 4.79 Å². The summed E-state index contributed by atoms with van der Waals surface area (Å²) in [5, 5.41) is 0.418. The zero-order valence-corrected chi connectivity index (χ0v) is 10.8. The Labute approximate surface area is 107 Å². The highest BCUT2D eigenvalue weighted by atomic mass is 35.5. The fourth-order valence-corrected chi connectivity index (χ4v) is 2.78. The van der Waals surface area contributed by atoms with Crippen molar-refractivity contribution in [2.75, 3.05) is 0 Å². The summed E-state index contributed by atoms with van der Waals surface area (Å²) in [7, 11) is 0. The van der Waals surface area contributed by atoms with Crippen LogP contribution in [-0.4, -0.2) is 10.7 Å². The van der Waals surface area contributed by atoms with Crippen molar-refractivity contribution < 1.29 is 4.79 Å². The van der Waals surface area contributed by atoms with E-state index in [0.717, 1.165) is 0 Å². The van der Waals surface area contributed by atoms with E-state index in [1.54, 1.807) is 0 Å². The first-order valence-corrected chi connectivity index (χ1v) is 5.50. The van der Waals surface area contributed by atoms with E-state index in [-0.39, 0.29) is 32.3 Å². The number of ketones is 1. The molecular weight excluding hydrogens is 289 g/mol. The van der Waals surface area contributed by atoms with Crippen LogP contribution >= 0.6 is 58.0 Å². The smallest absolute Gasteiger partial charge is 0.132 e. The van der Waals surface area contributed by atoms with Gasteiger partial charge in [0.25, 0.3) is 0 Å². The monoisotopic (exact) mass is 292 g/mol. The first-order chi connectivity index (χ1) is 6.30. The average molecular weight is 294 g/mol. The van der Waals surface area contributed by atoms with Gasteiger partial charge in [0.05, 0.1) is 20.1 Å². The van der Waals surface area contributed by atoms with Crippen molar-refractivity contribution in [1.29, 1.82) is 0 Å². The molecule has 1 nitrogen and oxygen atoms in total. The lowest BCUT2D eigenvalue weighted by molar-refractivity contribution is -0.117. The van der Waals surface area contributed by atoms with Crippen LogP contribution in [0, 0.1) is 0 Å². The molecule has 1 aliphatic rings. The standard InChI is InChI=1S/C8H5Cl5O/c1-3(14)2-8(13)6(11)4(9)5(10)7(8)12/h2H2,1H3. The lowest BCUT2D eigenvalue weighted by Crippen LogP contribution is -2.23. The predicted molar refractivity (Wildman–Crippen MR) is 61.3 cm³/mol. The second-order valence-electron chi connectivity index (χ2n) is 2.94. The molecule has 6 heteroatoms. The molecule has 0 N–H and O–H groups in total. The number of alkyl halides is 1. The molecule has 1 rings (SSSR count). The van der Waals surface area contributed by atoms with Gasteiger partial charge in [-0.2, -0.15) is 0 Å². The Morgan fingerprint density at radius 3 is 1.79 bits per heavy atom. The van der Waals surface area contributed by atoms with E-state index in [4.69, 9.17) is 58.0 Å². The summed E-state index contributed by atoms with van der Waals surface area (Å²) >= 11 is 29.3. The summed E-state index contributed by atoms with van der Waals surface area (Å²) in [6.07, 6.45) is -0.0291. The quantitative estimate of drug-likeness (QED) is 0.693. The van der Waals surface area contributed by atoms with Crippen LogP contribution in [0.3, 0.4) is 0 Å². The van der Waals surface area contributed by atoms with Crippen LogP contribution in [0.5, 0.6) is 0 Å². The van der Waals surface area contributed by atoms with Crippen molar-refractivity contribution in [3.05, 3.63) is 20.1 Å². The van der Waals surface area contributed by atoms with E-state index in [2.05, 4.69) is 0 Å². The fourth-order valence-electron chi connectivity index (χ4n) is 1.14.